The predicted molar refractivity (Wildman–Crippen MR) is 54.5 cm³/mol. The maximum absolute atomic E-state index is 11.6. The Labute approximate surface area is 89.4 Å². The number of carbonyl (C=O) groups is 1. The van der Waals surface area contributed by atoms with Crippen LogP contribution in [0.25, 0.3) is 0 Å². The smallest absolute Gasteiger partial charge is 0.308 e. The Kier molecular flexibility index (Phi) is 3.69. The van der Waals surface area contributed by atoms with Crippen LogP contribution in [0.5, 0.6) is 0 Å². The average Bonchev–Trinajstić information content (AvgIpc) is 2.47. The molecule has 0 aliphatic carbocycles. The lowest BCUT2D eigenvalue weighted by molar-refractivity contribution is -0.142. The summed E-state index contributed by atoms with van der Waals surface area (Å²) in [6.45, 7) is 3.89. The van der Waals surface area contributed by atoms with Crippen molar-refractivity contribution in [1.82, 2.24) is 9.03 Å². The third-order valence-electron chi connectivity index (χ3n) is 2.65. The van der Waals surface area contributed by atoms with E-state index < -0.39 is 28.1 Å². The van der Waals surface area contributed by atoms with E-state index >= 15 is 0 Å². The number of aliphatic carboxylic acids is 1. The molecule has 1 fully saturated rings. The second-order valence-corrected chi connectivity index (χ2v) is 5.30. The summed E-state index contributed by atoms with van der Waals surface area (Å²) >= 11 is 0. The maximum Gasteiger partial charge on any atom is 0.308 e. The van der Waals surface area contributed by atoms with E-state index in [0.29, 0.717) is 13.0 Å². The zero-order chi connectivity index (χ0) is 11.6. The minimum atomic E-state index is -3.51. The minimum absolute atomic E-state index is 0.271. The Balaban J connectivity index is 2.80. The van der Waals surface area contributed by atoms with Crippen molar-refractivity contribution in [2.45, 2.75) is 26.3 Å². The Morgan fingerprint density at radius 1 is 1.60 bits per heavy atom. The van der Waals surface area contributed by atoms with Gasteiger partial charge in [-0.15, -0.1) is 0 Å². The zero-order valence-corrected chi connectivity index (χ0v) is 9.62. The van der Waals surface area contributed by atoms with E-state index in [1.807, 2.05) is 0 Å². The van der Waals surface area contributed by atoms with Crippen LogP contribution < -0.4 is 4.72 Å². The molecule has 0 aromatic heterocycles. The molecule has 0 aromatic carbocycles. The summed E-state index contributed by atoms with van der Waals surface area (Å²) in [4.78, 5) is 10.8. The van der Waals surface area contributed by atoms with E-state index in [4.69, 9.17) is 5.11 Å². The number of nitrogens with one attached hydrogen (secondary N) is 1. The summed E-state index contributed by atoms with van der Waals surface area (Å²) in [6.07, 6.45) is 0.376. The second kappa shape index (κ2) is 4.46. The van der Waals surface area contributed by atoms with Gasteiger partial charge in [-0.25, -0.2) is 4.72 Å². The van der Waals surface area contributed by atoms with Crippen LogP contribution in [0.15, 0.2) is 0 Å². The highest BCUT2D eigenvalue weighted by Crippen LogP contribution is 2.26. The monoisotopic (exact) mass is 236 g/mol. The van der Waals surface area contributed by atoms with Crippen LogP contribution in [0.3, 0.4) is 0 Å². The fraction of sp³-hybridized carbons (Fsp3) is 0.875. The van der Waals surface area contributed by atoms with E-state index in [-0.39, 0.29) is 6.54 Å². The SMILES string of the molecule is CCNS(=O)(=O)N1CCC(C(=O)O)C1C. The van der Waals surface area contributed by atoms with Gasteiger partial charge in [0.05, 0.1) is 5.92 Å². The molecule has 0 radical (unpaired) electrons. The molecule has 0 aromatic rings. The molecule has 7 heteroatoms. The number of carboxylic acid groups (broad SMARTS) is 1. The number of hydrogen-bond acceptors (Lipinski definition) is 3. The largest absolute Gasteiger partial charge is 0.481 e. The maximum atomic E-state index is 11.6. The molecule has 0 bridgehead atoms. The highest BCUT2D eigenvalue weighted by atomic mass is 32.2. The van der Waals surface area contributed by atoms with E-state index in [9.17, 15) is 13.2 Å². The van der Waals surface area contributed by atoms with Crippen LogP contribution in [-0.2, 0) is 15.0 Å². The molecular formula is C8H16N2O4S. The van der Waals surface area contributed by atoms with Crippen LogP contribution >= 0.6 is 0 Å². The summed E-state index contributed by atoms with van der Waals surface area (Å²) in [5.41, 5.74) is 0. The van der Waals surface area contributed by atoms with Crippen LogP contribution in [0.2, 0.25) is 0 Å². The third-order valence-corrected chi connectivity index (χ3v) is 4.44. The molecule has 88 valence electrons. The lowest BCUT2D eigenvalue weighted by atomic mass is 10.0. The molecule has 1 rings (SSSR count). The van der Waals surface area contributed by atoms with Crippen molar-refractivity contribution in [2.75, 3.05) is 13.1 Å². The highest BCUT2D eigenvalue weighted by Gasteiger charge is 2.41. The van der Waals surface area contributed by atoms with Crippen molar-refractivity contribution in [2.24, 2.45) is 5.92 Å². The van der Waals surface area contributed by atoms with E-state index in [1.54, 1.807) is 13.8 Å². The molecule has 0 spiro atoms. The van der Waals surface area contributed by atoms with Crippen molar-refractivity contribution in [3.63, 3.8) is 0 Å². The van der Waals surface area contributed by atoms with E-state index in [1.165, 1.54) is 4.31 Å². The van der Waals surface area contributed by atoms with Crippen LogP contribution in [0.1, 0.15) is 20.3 Å². The lowest BCUT2D eigenvalue weighted by Gasteiger charge is -2.22. The summed E-state index contributed by atoms with van der Waals surface area (Å²) in [5.74, 6) is -1.53. The van der Waals surface area contributed by atoms with Crippen LogP contribution in [-0.4, -0.2) is 42.9 Å². The molecule has 0 amide bonds. The summed E-state index contributed by atoms with van der Waals surface area (Å²) < 4.78 is 26.8. The van der Waals surface area contributed by atoms with Gasteiger partial charge < -0.3 is 5.11 Å². The highest BCUT2D eigenvalue weighted by molar-refractivity contribution is 7.87. The molecule has 1 heterocycles. The number of rotatable bonds is 4. The van der Waals surface area contributed by atoms with Gasteiger partial charge >= 0.3 is 5.97 Å². The van der Waals surface area contributed by atoms with Crippen LogP contribution in [0, 0.1) is 5.92 Å². The van der Waals surface area contributed by atoms with Gasteiger partial charge in [-0.2, -0.15) is 12.7 Å². The number of hydrogen-bond donors (Lipinski definition) is 2. The first-order valence-electron chi connectivity index (χ1n) is 4.89. The third kappa shape index (κ3) is 2.47. The summed E-state index contributed by atoms with van der Waals surface area (Å²) in [7, 11) is -3.51. The van der Waals surface area contributed by atoms with Crippen molar-refractivity contribution < 1.29 is 18.3 Å². The van der Waals surface area contributed by atoms with Crippen molar-refractivity contribution in [3.05, 3.63) is 0 Å². The Morgan fingerprint density at radius 3 is 2.60 bits per heavy atom. The summed E-state index contributed by atoms with van der Waals surface area (Å²) in [6, 6.07) is -0.480. The number of carboxylic acids is 1. The van der Waals surface area contributed by atoms with Crippen molar-refractivity contribution >= 4 is 16.2 Å². The lowest BCUT2D eigenvalue weighted by Crippen LogP contribution is -2.44. The molecular weight excluding hydrogens is 220 g/mol. The second-order valence-electron chi connectivity index (χ2n) is 3.59. The molecule has 15 heavy (non-hydrogen) atoms. The van der Waals surface area contributed by atoms with Crippen LogP contribution in [0.4, 0.5) is 0 Å². The van der Waals surface area contributed by atoms with Gasteiger partial charge in [0.2, 0.25) is 0 Å². The number of nitrogens with zero attached hydrogens (tertiary/aromatic N) is 1. The van der Waals surface area contributed by atoms with Gasteiger partial charge in [-0.1, -0.05) is 6.92 Å². The average molecular weight is 236 g/mol. The van der Waals surface area contributed by atoms with Crippen molar-refractivity contribution in [1.29, 1.82) is 0 Å². The predicted octanol–water partition coefficient (Wildman–Crippen LogP) is -0.364. The topological polar surface area (TPSA) is 86.7 Å². The van der Waals surface area contributed by atoms with Gasteiger partial charge in [0.1, 0.15) is 0 Å². The molecule has 2 atom stereocenters. The first-order valence-corrected chi connectivity index (χ1v) is 6.33. The minimum Gasteiger partial charge on any atom is -0.481 e. The molecule has 1 saturated heterocycles. The normalized spacial score (nSPS) is 28.1. The molecule has 2 unspecified atom stereocenters. The standard InChI is InChI=1S/C8H16N2O4S/c1-3-9-15(13,14)10-5-4-7(6(10)2)8(11)12/h6-7,9H,3-5H2,1-2H3,(H,11,12). The quantitative estimate of drug-likeness (QED) is 0.697. The first-order chi connectivity index (χ1) is 6.90. The van der Waals surface area contributed by atoms with E-state index in [2.05, 4.69) is 4.72 Å². The Morgan fingerprint density at radius 2 is 2.20 bits per heavy atom. The summed E-state index contributed by atoms with van der Waals surface area (Å²) in [5, 5.41) is 8.86. The van der Waals surface area contributed by atoms with E-state index in [0.717, 1.165) is 0 Å². The van der Waals surface area contributed by atoms with Gasteiger partial charge in [0.15, 0.2) is 0 Å². The fourth-order valence-corrected chi connectivity index (χ4v) is 3.31. The Bertz CT molecular complexity index is 341. The van der Waals surface area contributed by atoms with Gasteiger partial charge in [0.25, 0.3) is 10.2 Å². The van der Waals surface area contributed by atoms with Gasteiger partial charge in [-0.05, 0) is 13.3 Å². The fourth-order valence-electron chi connectivity index (χ4n) is 1.85. The molecule has 1 aliphatic rings. The van der Waals surface area contributed by atoms with Crippen molar-refractivity contribution in [3.8, 4) is 0 Å². The molecule has 6 nitrogen and oxygen atoms in total. The van der Waals surface area contributed by atoms with Gasteiger partial charge in [-0.3, -0.25) is 4.79 Å². The first kappa shape index (κ1) is 12.4. The molecule has 0 saturated carbocycles. The molecule has 1 aliphatic heterocycles. The Hall–Kier alpha value is -0.660. The molecule has 2 N–H and O–H groups in total. The zero-order valence-electron chi connectivity index (χ0n) is 8.80. The van der Waals surface area contributed by atoms with Gasteiger partial charge in [0, 0.05) is 19.1 Å².